The van der Waals surface area contributed by atoms with Gasteiger partial charge in [0.25, 0.3) is 0 Å². The molecule has 3 heterocycles. The van der Waals surface area contributed by atoms with Gasteiger partial charge in [0.2, 0.25) is 0 Å². The molecule has 4 aromatic carbocycles. The van der Waals surface area contributed by atoms with Gasteiger partial charge in [-0.15, -0.1) is 0 Å². The number of halogens is 2. The van der Waals surface area contributed by atoms with Gasteiger partial charge in [-0.1, -0.05) is 74.4 Å². The Morgan fingerprint density at radius 3 is 1.57 bits per heavy atom. The fourth-order valence-corrected chi connectivity index (χ4v) is 6.47. The van der Waals surface area contributed by atoms with Crippen molar-refractivity contribution in [2.75, 3.05) is 0 Å². The molecule has 0 amide bonds. The van der Waals surface area contributed by atoms with E-state index in [1.54, 1.807) is 0 Å². The molecule has 0 aliphatic carbocycles. The summed E-state index contributed by atoms with van der Waals surface area (Å²) < 4.78 is 2.55. The smallest absolute Gasteiger partial charge is 0.0499 e. The number of hydrogen-bond donors (Lipinski definition) is 2. The molecule has 0 atom stereocenters. The van der Waals surface area contributed by atoms with Gasteiger partial charge in [-0.2, -0.15) is 0 Å². The van der Waals surface area contributed by atoms with Crippen molar-refractivity contribution in [1.82, 2.24) is 14.5 Å². The lowest BCUT2D eigenvalue weighted by atomic mass is 10.1. The first-order valence-electron chi connectivity index (χ1n) is 13.4. The Hall–Kier alpha value is -3.14. The molecule has 7 rings (SSSR count). The van der Waals surface area contributed by atoms with Crippen molar-refractivity contribution in [1.29, 1.82) is 0 Å². The predicted octanol–water partition coefficient (Wildman–Crippen LogP) is 10.7. The zero-order valence-corrected chi connectivity index (χ0v) is 22.4. The van der Waals surface area contributed by atoms with Crippen LogP contribution in [0.15, 0.2) is 60.7 Å². The number of fused-ring (bicyclic) bond motifs is 9. The Morgan fingerprint density at radius 2 is 1.03 bits per heavy atom. The number of aromatic amines is 2. The molecular formula is C32H29Cl2N3. The summed E-state index contributed by atoms with van der Waals surface area (Å²) in [7, 11) is 0. The second-order valence-electron chi connectivity index (χ2n) is 10.4. The molecule has 3 aromatic heterocycles. The minimum atomic E-state index is 0.753. The average Bonchev–Trinajstić information content (AvgIpc) is 3.51. The van der Waals surface area contributed by atoms with Crippen molar-refractivity contribution in [2.24, 2.45) is 0 Å². The second-order valence-corrected chi connectivity index (χ2v) is 11.3. The first-order chi connectivity index (χ1) is 18.1. The van der Waals surface area contributed by atoms with E-state index in [-0.39, 0.29) is 0 Å². The van der Waals surface area contributed by atoms with Crippen molar-refractivity contribution < 1.29 is 0 Å². The lowest BCUT2D eigenvalue weighted by molar-refractivity contribution is 0.571. The number of nitrogens with zero attached hydrogens (tertiary/aromatic N) is 1. The van der Waals surface area contributed by atoms with Crippen LogP contribution in [0.4, 0.5) is 0 Å². The summed E-state index contributed by atoms with van der Waals surface area (Å²) in [5.74, 6) is 0. The molecule has 0 bridgehead atoms. The van der Waals surface area contributed by atoms with Gasteiger partial charge in [-0.3, -0.25) is 0 Å². The van der Waals surface area contributed by atoms with Gasteiger partial charge >= 0.3 is 0 Å². The molecule has 0 unspecified atom stereocenters. The maximum Gasteiger partial charge on any atom is 0.0499 e. The van der Waals surface area contributed by atoms with Gasteiger partial charge in [0.15, 0.2) is 0 Å². The van der Waals surface area contributed by atoms with Gasteiger partial charge in [0, 0.05) is 82.0 Å². The highest BCUT2D eigenvalue weighted by Crippen LogP contribution is 2.39. The van der Waals surface area contributed by atoms with Crippen LogP contribution in [-0.4, -0.2) is 14.5 Å². The molecule has 0 saturated heterocycles. The first-order valence-corrected chi connectivity index (χ1v) is 14.1. The number of hydrogen-bond acceptors (Lipinski definition) is 0. The number of rotatable bonds is 7. The number of benzene rings is 4. The SMILES string of the molecule is CCCCCCCCn1c2cc3c(cc2c2cc4[nH]c5cc(Cl)ccc5c4cc21)[nH]c1cc(Cl)ccc13. The van der Waals surface area contributed by atoms with E-state index in [4.69, 9.17) is 23.2 Å². The third kappa shape index (κ3) is 3.79. The summed E-state index contributed by atoms with van der Waals surface area (Å²) in [4.78, 5) is 7.21. The van der Waals surface area contributed by atoms with Crippen molar-refractivity contribution in [3.63, 3.8) is 0 Å². The summed E-state index contributed by atoms with van der Waals surface area (Å²) in [6.45, 7) is 3.29. The molecule has 3 nitrogen and oxygen atoms in total. The van der Waals surface area contributed by atoms with Crippen molar-refractivity contribution in [3.8, 4) is 0 Å². The zero-order valence-electron chi connectivity index (χ0n) is 20.9. The van der Waals surface area contributed by atoms with E-state index in [1.165, 1.54) is 81.9 Å². The number of unbranched alkanes of at least 4 members (excludes halogenated alkanes) is 5. The highest BCUT2D eigenvalue weighted by molar-refractivity contribution is 6.32. The summed E-state index contributed by atoms with van der Waals surface area (Å²) in [5, 5.41) is 8.99. The number of aryl methyl sites for hydroxylation is 1. The Kier molecular flexibility index (Phi) is 5.60. The molecule has 0 fully saturated rings. The lowest BCUT2D eigenvalue weighted by Gasteiger charge is -2.08. The molecule has 0 aliphatic heterocycles. The number of H-pyrrole nitrogens is 2. The van der Waals surface area contributed by atoms with Gasteiger partial charge in [0.05, 0.1) is 0 Å². The molecule has 7 aromatic rings. The van der Waals surface area contributed by atoms with Gasteiger partial charge in [0.1, 0.15) is 0 Å². The Labute approximate surface area is 225 Å². The molecule has 186 valence electrons. The monoisotopic (exact) mass is 525 g/mol. The van der Waals surface area contributed by atoms with Crippen LogP contribution < -0.4 is 0 Å². The number of aromatic nitrogens is 3. The minimum absolute atomic E-state index is 0.753. The lowest BCUT2D eigenvalue weighted by Crippen LogP contribution is -1.98. The van der Waals surface area contributed by atoms with Crippen LogP contribution in [0.5, 0.6) is 0 Å². The van der Waals surface area contributed by atoms with Crippen LogP contribution in [0.25, 0.3) is 65.4 Å². The minimum Gasteiger partial charge on any atom is -0.354 e. The maximum atomic E-state index is 6.30. The van der Waals surface area contributed by atoms with E-state index in [1.807, 2.05) is 24.3 Å². The Morgan fingerprint density at radius 1 is 0.541 bits per heavy atom. The quantitative estimate of drug-likeness (QED) is 0.194. The maximum absolute atomic E-state index is 6.30. The second kappa shape index (κ2) is 9.01. The molecule has 5 heteroatoms. The zero-order chi connectivity index (χ0) is 25.1. The Balaban J connectivity index is 1.46. The highest BCUT2D eigenvalue weighted by atomic mass is 35.5. The normalized spacial score (nSPS) is 12.4. The van der Waals surface area contributed by atoms with Gasteiger partial charge in [-0.25, -0.2) is 0 Å². The third-order valence-electron chi connectivity index (χ3n) is 7.96. The van der Waals surface area contributed by atoms with Gasteiger partial charge in [-0.05, 0) is 55.0 Å². The van der Waals surface area contributed by atoms with Crippen LogP contribution in [0.2, 0.25) is 10.0 Å². The van der Waals surface area contributed by atoms with E-state index in [0.29, 0.717) is 0 Å². The van der Waals surface area contributed by atoms with Gasteiger partial charge < -0.3 is 14.5 Å². The topological polar surface area (TPSA) is 36.5 Å². The third-order valence-corrected chi connectivity index (χ3v) is 8.43. The summed E-state index contributed by atoms with van der Waals surface area (Å²) in [6, 6.07) is 21.6. The largest absolute Gasteiger partial charge is 0.354 e. The molecule has 37 heavy (non-hydrogen) atoms. The number of nitrogens with one attached hydrogen (secondary N) is 2. The molecule has 0 saturated carbocycles. The average molecular weight is 527 g/mol. The summed E-state index contributed by atoms with van der Waals surface area (Å²) >= 11 is 12.6. The predicted molar refractivity (Wildman–Crippen MR) is 162 cm³/mol. The van der Waals surface area contributed by atoms with Crippen molar-refractivity contribution in [3.05, 3.63) is 70.7 Å². The van der Waals surface area contributed by atoms with Crippen molar-refractivity contribution >= 4 is 88.6 Å². The fourth-order valence-electron chi connectivity index (χ4n) is 6.13. The standard InChI is InChI=1S/C32H29Cl2N3/c1-2-3-4-5-6-7-12-37-31-17-23-21-10-8-19(33)13-27(21)35-29(23)15-25(31)26-16-30-24(18-32(26)37)22-11-9-20(34)14-28(22)36-30/h8-11,13-18,35-36H,2-7,12H2,1H3. The fraction of sp³-hybridized carbons (Fsp3) is 0.250. The Bertz CT molecular complexity index is 1820. The first kappa shape index (κ1) is 23.0. The van der Waals surface area contributed by atoms with Crippen LogP contribution in [0.3, 0.4) is 0 Å². The van der Waals surface area contributed by atoms with E-state index in [9.17, 15) is 0 Å². The van der Waals surface area contributed by atoms with Crippen molar-refractivity contribution in [2.45, 2.75) is 52.0 Å². The van der Waals surface area contributed by atoms with E-state index >= 15 is 0 Å². The molecule has 0 aliphatic rings. The van der Waals surface area contributed by atoms with E-state index in [0.717, 1.165) is 38.7 Å². The van der Waals surface area contributed by atoms with Crippen LogP contribution >= 0.6 is 23.2 Å². The molecular weight excluding hydrogens is 497 g/mol. The van der Waals surface area contributed by atoms with E-state index in [2.05, 4.69) is 57.9 Å². The molecule has 0 radical (unpaired) electrons. The molecule has 2 N–H and O–H groups in total. The molecule has 0 spiro atoms. The highest BCUT2D eigenvalue weighted by Gasteiger charge is 2.17. The van der Waals surface area contributed by atoms with Crippen LogP contribution in [-0.2, 0) is 6.54 Å². The summed E-state index contributed by atoms with van der Waals surface area (Å²) in [6.07, 6.45) is 7.71. The van der Waals surface area contributed by atoms with Crippen LogP contribution in [0, 0.1) is 0 Å². The summed E-state index contributed by atoms with van der Waals surface area (Å²) in [5.41, 5.74) is 7.05. The van der Waals surface area contributed by atoms with Crippen LogP contribution in [0.1, 0.15) is 45.4 Å². The van der Waals surface area contributed by atoms with E-state index < -0.39 is 0 Å².